The lowest BCUT2D eigenvalue weighted by Crippen LogP contribution is -2.21. The van der Waals surface area contributed by atoms with Crippen molar-refractivity contribution >= 4 is 11.8 Å². The van der Waals surface area contributed by atoms with E-state index in [0.29, 0.717) is 6.42 Å². The number of hydrogen-bond donors (Lipinski definition) is 1. The molecule has 0 aliphatic carbocycles. The Balaban J connectivity index is 2.69. The maximum absolute atomic E-state index is 12.7. The Hall–Kier alpha value is -1.04. The quantitative estimate of drug-likeness (QED) is 0.578. The summed E-state index contributed by atoms with van der Waals surface area (Å²) in [5, 5.41) is 0. The number of nitrogens with one attached hydrogen (secondary N) is 1. The van der Waals surface area contributed by atoms with Crippen molar-refractivity contribution in [2.45, 2.75) is 12.5 Å². The zero-order valence-electron chi connectivity index (χ0n) is 6.93. The Morgan fingerprint density at radius 3 is 2.92 bits per heavy atom. The average Bonchev–Trinajstić information content (AvgIpc) is 2.14. The predicted molar refractivity (Wildman–Crippen MR) is 51.7 cm³/mol. The van der Waals surface area contributed by atoms with Crippen LogP contribution in [-0.4, -0.2) is 6.04 Å². The van der Waals surface area contributed by atoms with Gasteiger partial charge in [-0.1, -0.05) is 18.1 Å². The van der Waals surface area contributed by atoms with Crippen molar-refractivity contribution in [2.75, 3.05) is 0 Å². The minimum Gasteiger partial charge on any atom is -0.218 e. The van der Waals surface area contributed by atoms with Gasteiger partial charge in [0, 0.05) is 6.42 Å². The molecule has 1 unspecified atom stereocenters. The van der Waals surface area contributed by atoms with Gasteiger partial charge in [-0.05, 0) is 29.5 Å². The second-order valence-corrected chi connectivity index (χ2v) is 2.88. The lowest BCUT2D eigenvalue weighted by molar-refractivity contribution is 0.623. The smallest absolute Gasteiger partial charge is 0.123 e. The van der Waals surface area contributed by atoms with Crippen LogP contribution in [0, 0.1) is 18.2 Å². The van der Waals surface area contributed by atoms with E-state index in [1.54, 1.807) is 6.07 Å². The first-order chi connectivity index (χ1) is 6.26. The fourth-order valence-corrected chi connectivity index (χ4v) is 1.17. The Labute approximate surface area is 82.0 Å². The molecule has 0 aromatic heterocycles. The third-order valence-electron chi connectivity index (χ3n) is 1.66. The van der Waals surface area contributed by atoms with Crippen molar-refractivity contribution in [2.24, 2.45) is 0 Å². The van der Waals surface area contributed by atoms with Gasteiger partial charge in [0.25, 0.3) is 0 Å². The third kappa shape index (κ3) is 3.06. The highest BCUT2D eigenvalue weighted by Gasteiger charge is 2.04. The molecule has 1 nitrogen and oxygen atoms in total. The molecular formula is C10H9ClFN. The van der Waals surface area contributed by atoms with Crippen molar-refractivity contribution in [1.82, 2.24) is 4.84 Å². The normalized spacial score (nSPS) is 12.1. The predicted octanol–water partition coefficient (Wildman–Crippen LogP) is 2.11. The summed E-state index contributed by atoms with van der Waals surface area (Å²) in [6.07, 6.45) is 5.70. The van der Waals surface area contributed by atoms with Gasteiger partial charge in [0.15, 0.2) is 0 Å². The van der Waals surface area contributed by atoms with Crippen LogP contribution in [0.4, 0.5) is 4.39 Å². The summed E-state index contributed by atoms with van der Waals surface area (Å²) in [5.74, 6) is 2.19. The van der Waals surface area contributed by atoms with Gasteiger partial charge in [0.2, 0.25) is 0 Å². The number of halogens is 2. The fourth-order valence-electron chi connectivity index (χ4n) is 1.03. The Morgan fingerprint density at radius 2 is 2.38 bits per heavy atom. The Kier molecular flexibility index (Phi) is 3.75. The van der Waals surface area contributed by atoms with Crippen LogP contribution >= 0.6 is 11.8 Å². The van der Waals surface area contributed by atoms with E-state index >= 15 is 0 Å². The van der Waals surface area contributed by atoms with E-state index in [2.05, 4.69) is 10.8 Å². The van der Waals surface area contributed by atoms with Crippen molar-refractivity contribution in [3.05, 3.63) is 35.6 Å². The summed E-state index contributed by atoms with van der Waals surface area (Å²) >= 11 is 5.37. The van der Waals surface area contributed by atoms with Crippen LogP contribution in [0.3, 0.4) is 0 Å². The summed E-state index contributed by atoms with van der Waals surface area (Å²) in [5.41, 5.74) is 0.830. The molecule has 0 heterocycles. The summed E-state index contributed by atoms with van der Waals surface area (Å²) in [6, 6.07) is 6.03. The van der Waals surface area contributed by atoms with Gasteiger partial charge in [0.1, 0.15) is 5.82 Å². The number of benzene rings is 1. The van der Waals surface area contributed by atoms with E-state index in [4.69, 9.17) is 18.2 Å². The average molecular weight is 198 g/mol. The standard InChI is InChI=1S/C10H9ClFN/c1-2-10(13-11)7-8-4-3-5-9(12)6-8/h1,3-6,10,13H,7H2. The van der Waals surface area contributed by atoms with E-state index in [-0.39, 0.29) is 11.9 Å². The fraction of sp³-hybridized carbons (Fsp3) is 0.200. The Morgan fingerprint density at radius 1 is 1.62 bits per heavy atom. The van der Waals surface area contributed by atoms with Crippen LogP contribution in [0.25, 0.3) is 0 Å². The molecule has 0 aliphatic rings. The minimum atomic E-state index is -0.261. The van der Waals surface area contributed by atoms with E-state index in [9.17, 15) is 4.39 Å². The molecule has 0 radical (unpaired) electrons. The molecule has 1 aromatic rings. The first kappa shape index (κ1) is 10.0. The van der Waals surface area contributed by atoms with Crippen LogP contribution in [0.1, 0.15) is 5.56 Å². The van der Waals surface area contributed by atoms with E-state index in [1.165, 1.54) is 12.1 Å². The zero-order chi connectivity index (χ0) is 9.68. The van der Waals surface area contributed by atoms with Crippen molar-refractivity contribution in [3.63, 3.8) is 0 Å². The van der Waals surface area contributed by atoms with Gasteiger partial charge < -0.3 is 0 Å². The molecule has 13 heavy (non-hydrogen) atoms. The lowest BCUT2D eigenvalue weighted by Gasteiger charge is -2.06. The van der Waals surface area contributed by atoms with Crippen LogP contribution in [0.5, 0.6) is 0 Å². The highest BCUT2D eigenvalue weighted by molar-refractivity contribution is 6.13. The maximum Gasteiger partial charge on any atom is 0.123 e. The summed E-state index contributed by atoms with van der Waals surface area (Å²) in [6.45, 7) is 0. The monoisotopic (exact) mass is 197 g/mol. The van der Waals surface area contributed by atoms with Gasteiger partial charge in [-0.25, -0.2) is 9.23 Å². The Bertz CT molecular complexity index is 319. The molecule has 0 fully saturated rings. The molecule has 0 amide bonds. The molecule has 68 valence electrons. The highest BCUT2D eigenvalue weighted by Crippen LogP contribution is 2.06. The highest BCUT2D eigenvalue weighted by atomic mass is 35.5. The molecule has 0 bridgehead atoms. The van der Waals surface area contributed by atoms with E-state index in [0.717, 1.165) is 5.56 Å². The molecule has 1 aromatic carbocycles. The SMILES string of the molecule is C#CC(Cc1cccc(F)c1)NCl. The number of rotatable bonds is 3. The molecule has 0 spiro atoms. The van der Waals surface area contributed by atoms with Crippen LogP contribution in [0.15, 0.2) is 24.3 Å². The maximum atomic E-state index is 12.7. The van der Waals surface area contributed by atoms with Crippen LogP contribution in [-0.2, 0) is 6.42 Å². The molecule has 0 saturated carbocycles. The largest absolute Gasteiger partial charge is 0.218 e. The summed E-state index contributed by atoms with van der Waals surface area (Å²) in [7, 11) is 0. The lowest BCUT2D eigenvalue weighted by atomic mass is 10.1. The summed E-state index contributed by atoms with van der Waals surface area (Å²) < 4.78 is 12.7. The molecule has 1 rings (SSSR count). The van der Waals surface area contributed by atoms with Gasteiger partial charge >= 0.3 is 0 Å². The van der Waals surface area contributed by atoms with Crippen LogP contribution in [0.2, 0.25) is 0 Å². The van der Waals surface area contributed by atoms with Crippen molar-refractivity contribution in [1.29, 1.82) is 0 Å². The zero-order valence-corrected chi connectivity index (χ0v) is 7.68. The van der Waals surface area contributed by atoms with Crippen molar-refractivity contribution < 1.29 is 4.39 Å². The van der Waals surface area contributed by atoms with E-state index in [1.807, 2.05) is 6.07 Å². The number of terminal acetylenes is 1. The van der Waals surface area contributed by atoms with Crippen LogP contribution < -0.4 is 4.84 Å². The topological polar surface area (TPSA) is 12.0 Å². The first-order valence-corrected chi connectivity index (χ1v) is 4.21. The van der Waals surface area contributed by atoms with Gasteiger partial charge in [-0.2, -0.15) is 0 Å². The van der Waals surface area contributed by atoms with Gasteiger partial charge in [-0.3, -0.25) is 0 Å². The second kappa shape index (κ2) is 4.86. The van der Waals surface area contributed by atoms with Crippen molar-refractivity contribution in [3.8, 4) is 12.3 Å². The van der Waals surface area contributed by atoms with E-state index < -0.39 is 0 Å². The molecular weight excluding hydrogens is 189 g/mol. The van der Waals surface area contributed by atoms with Gasteiger partial charge in [0.05, 0.1) is 6.04 Å². The molecule has 1 atom stereocenters. The minimum absolute atomic E-state index is 0.261. The third-order valence-corrected chi connectivity index (χ3v) is 1.93. The first-order valence-electron chi connectivity index (χ1n) is 3.83. The molecule has 3 heteroatoms. The molecule has 0 saturated heterocycles. The number of hydrogen-bond acceptors (Lipinski definition) is 1. The molecule has 1 N–H and O–H groups in total. The second-order valence-electron chi connectivity index (χ2n) is 2.66. The van der Waals surface area contributed by atoms with Gasteiger partial charge in [-0.15, -0.1) is 6.42 Å². The summed E-state index contributed by atoms with van der Waals surface area (Å²) in [4.78, 5) is 2.43. The molecule has 0 aliphatic heterocycles.